The molecule has 7 nitrogen and oxygen atoms in total. The van der Waals surface area contributed by atoms with Crippen molar-refractivity contribution in [3.63, 3.8) is 0 Å². The van der Waals surface area contributed by atoms with Gasteiger partial charge in [-0.2, -0.15) is 10.1 Å². The van der Waals surface area contributed by atoms with E-state index in [1.165, 1.54) is 0 Å². The molecule has 3 heterocycles. The quantitative estimate of drug-likeness (QED) is 0.787. The Morgan fingerprint density at radius 2 is 2.00 bits per heavy atom. The van der Waals surface area contributed by atoms with Crippen LogP contribution in [0, 0.1) is 6.92 Å². The zero-order chi connectivity index (χ0) is 17.4. The zero-order valence-corrected chi connectivity index (χ0v) is 14.2. The summed E-state index contributed by atoms with van der Waals surface area (Å²) in [6, 6.07) is 9.45. The van der Waals surface area contributed by atoms with Gasteiger partial charge in [0.1, 0.15) is 17.6 Å². The van der Waals surface area contributed by atoms with Gasteiger partial charge in [0, 0.05) is 0 Å². The van der Waals surface area contributed by atoms with Crippen molar-refractivity contribution in [1.29, 1.82) is 0 Å². The molecule has 0 saturated heterocycles. The lowest BCUT2D eigenvalue weighted by molar-refractivity contribution is 0.354. The Labute approximate surface area is 144 Å². The molecule has 1 aromatic carbocycles. The number of allylic oxidation sites excluding steroid dienone is 1. The SMILES string of the molecule is COc1ccc([C@@H]2C=C(c3ccco3)Nc3nc(C)nn32)cc1OC. The molecule has 7 heteroatoms. The predicted molar refractivity (Wildman–Crippen MR) is 92.8 cm³/mol. The van der Waals surface area contributed by atoms with Gasteiger partial charge < -0.3 is 19.2 Å². The highest BCUT2D eigenvalue weighted by Gasteiger charge is 2.26. The topological polar surface area (TPSA) is 74.3 Å². The number of aromatic nitrogens is 3. The molecule has 0 unspecified atom stereocenters. The average molecular weight is 338 g/mol. The molecule has 128 valence electrons. The van der Waals surface area contributed by atoms with E-state index in [1.807, 2.05) is 41.9 Å². The van der Waals surface area contributed by atoms with E-state index in [-0.39, 0.29) is 6.04 Å². The molecule has 0 bridgehead atoms. The molecule has 1 atom stereocenters. The minimum absolute atomic E-state index is 0.141. The van der Waals surface area contributed by atoms with E-state index in [4.69, 9.17) is 13.9 Å². The number of ether oxygens (including phenoxy) is 2. The highest BCUT2D eigenvalue weighted by Crippen LogP contribution is 2.36. The van der Waals surface area contributed by atoms with Crippen molar-refractivity contribution >= 4 is 11.6 Å². The van der Waals surface area contributed by atoms with Crippen molar-refractivity contribution in [2.75, 3.05) is 19.5 Å². The first-order valence-electron chi connectivity index (χ1n) is 7.87. The van der Waals surface area contributed by atoms with Gasteiger partial charge in [0.25, 0.3) is 0 Å². The summed E-state index contributed by atoms with van der Waals surface area (Å²) in [5, 5.41) is 7.79. The normalized spacial score (nSPS) is 16.0. The van der Waals surface area contributed by atoms with Crippen LogP contribution in [0.1, 0.15) is 23.2 Å². The van der Waals surface area contributed by atoms with E-state index in [1.54, 1.807) is 20.5 Å². The van der Waals surface area contributed by atoms with Crippen molar-refractivity contribution in [3.05, 3.63) is 59.8 Å². The number of nitrogens with one attached hydrogen (secondary N) is 1. The second-order valence-corrected chi connectivity index (χ2v) is 5.67. The lowest BCUT2D eigenvalue weighted by Crippen LogP contribution is -2.20. The summed E-state index contributed by atoms with van der Waals surface area (Å²) in [5.74, 6) is 3.47. The summed E-state index contributed by atoms with van der Waals surface area (Å²) in [6.07, 6.45) is 3.70. The number of aryl methyl sites for hydroxylation is 1. The number of hydrogen-bond acceptors (Lipinski definition) is 6. The van der Waals surface area contributed by atoms with Crippen molar-refractivity contribution in [3.8, 4) is 11.5 Å². The van der Waals surface area contributed by atoms with Crippen molar-refractivity contribution in [2.45, 2.75) is 13.0 Å². The molecular formula is C18H18N4O3. The number of rotatable bonds is 4. The molecule has 1 N–H and O–H groups in total. The third kappa shape index (κ3) is 2.63. The Morgan fingerprint density at radius 1 is 1.16 bits per heavy atom. The summed E-state index contributed by atoms with van der Waals surface area (Å²) < 4.78 is 18.1. The van der Waals surface area contributed by atoms with Gasteiger partial charge in [0.05, 0.1) is 26.2 Å². The van der Waals surface area contributed by atoms with Crippen molar-refractivity contribution in [2.24, 2.45) is 0 Å². The summed E-state index contributed by atoms with van der Waals surface area (Å²) in [4.78, 5) is 4.47. The molecule has 0 amide bonds. The average Bonchev–Trinajstić information content (AvgIpc) is 3.28. The van der Waals surface area contributed by atoms with E-state index in [0.29, 0.717) is 23.3 Å². The standard InChI is InChI=1S/C18H18N4O3/c1-11-19-18-20-13(15-5-4-8-25-15)10-14(22(18)21-11)12-6-7-16(23-2)17(9-12)24-3/h4-10,14H,1-3H3,(H,19,20,21)/t14-/m0/s1. The minimum Gasteiger partial charge on any atom is -0.493 e. The van der Waals surface area contributed by atoms with Crippen LogP contribution in [0.25, 0.3) is 5.70 Å². The first-order valence-corrected chi connectivity index (χ1v) is 7.87. The largest absolute Gasteiger partial charge is 0.493 e. The molecule has 4 rings (SSSR count). The summed E-state index contributed by atoms with van der Waals surface area (Å²) in [7, 11) is 3.25. The van der Waals surface area contributed by atoms with Crippen molar-refractivity contribution in [1.82, 2.24) is 14.8 Å². The van der Waals surface area contributed by atoms with Crippen LogP contribution in [-0.4, -0.2) is 29.0 Å². The molecule has 25 heavy (non-hydrogen) atoms. The van der Waals surface area contributed by atoms with Gasteiger partial charge >= 0.3 is 0 Å². The minimum atomic E-state index is -0.141. The molecule has 1 aliphatic rings. The molecule has 0 aliphatic carbocycles. The lowest BCUT2D eigenvalue weighted by atomic mass is 10.0. The Kier molecular flexibility index (Phi) is 3.68. The van der Waals surface area contributed by atoms with E-state index in [0.717, 1.165) is 17.0 Å². The molecule has 1 aliphatic heterocycles. The summed E-state index contributed by atoms with van der Waals surface area (Å²) >= 11 is 0. The maximum Gasteiger partial charge on any atom is 0.226 e. The van der Waals surface area contributed by atoms with Gasteiger partial charge in [0.15, 0.2) is 11.5 Å². The number of hydrogen-bond donors (Lipinski definition) is 1. The third-order valence-corrected chi connectivity index (χ3v) is 4.11. The van der Waals surface area contributed by atoms with Gasteiger partial charge in [-0.3, -0.25) is 0 Å². The Bertz CT molecular complexity index is 928. The Balaban J connectivity index is 1.83. The van der Waals surface area contributed by atoms with Crippen LogP contribution in [0.15, 0.2) is 47.1 Å². The number of methoxy groups -OCH3 is 2. The number of nitrogens with zero attached hydrogens (tertiary/aromatic N) is 3. The van der Waals surface area contributed by atoms with Crippen LogP contribution in [0.4, 0.5) is 5.95 Å². The highest BCUT2D eigenvalue weighted by molar-refractivity contribution is 5.74. The van der Waals surface area contributed by atoms with Gasteiger partial charge in [-0.15, -0.1) is 0 Å². The monoisotopic (exact) mass is 338 g/mol. The maximum atomic E-state index is 5.53. The van der Waals surface area contributed by atoms with Crippen LogP contribution in [0.5, 0.6) is 11.5 Å². The smallest absolute Gasteiger partial charge is 0.226 e. The number of anilines is 1. The molecule has 0 fully saturated rings. The Morgan fingerprint density at radius 3 is 2.72 bits per heavy atom. The zero-order valence-electron chi connectivity index (χ0n) is 14.2. The predicted octanol–water partition coefficient (Wildman–Crippen LogP) is 3.25. The third-order valence-electron chi connectivity index (χ3n) is 4.11. The van der Waals surface area contributed by atoms with Crippen LogP contribution >= 0.6 is 0 Å². The van der Waals surface area contributed by atoms with Gasteiger partial charge in [-0.25, -0.2) is 4.68 Å². The fraction of sp³-hybridized carbons (Fsp3) is 0.222. The molecule has 0 saturated carbocycles. The summed E-state index contributed by atoms with van der Waals surface area (Å²) in [5.41, 5.74) is 1.86. The second kappa shape index (κ2) is 6.01. The fourth-order valence-electron chi connectivity index (χ4n) is 2.95. The van der Waals surface area contributed by atoms with E-state index < -0.39 is 0 Å². The number of furan rings is 1. The fourth-order valence-corrected chi connectivity index (χ4v) is 2.95. The van der Waals surface area contributed by atoms with E-state index >= 15 is 0 Å². The van der Waals surface area contributed by atoms with Crippen LogP contribution < -0.4 is 14.8 Å². The molecule has 0 spiro atoms. The van der Waals surface area contributed by atoms with E-state index in [2.05, 4.69) is 21.5 Å². The molecule has 0 radical (unpaired) electrons. The Hall–Kier alpha value is -3.22. The van der Waals surface area contributed by atoms with Crippen molar-refractivity contribution < 1.29 is 13.9 Å². The van der Waals surface area contributed by atoms with Crippen LogP contribution in [0.2, 0.25) is 0 Å². The molecule has 3 aromatic rings. The second-order valence-electron chi connectivity index (χ2n) is 5.67. The van der Waals surface area contributed by atoms with Crippen LogP contribution in [-0.2, 0) is 0 Å². The molecular weight excluding hydrogens is 320 g/mol. The number of benzene rings is 1. The number of fused-ring (bicyclic) bond motifs is 1. The first-order chi connectivity index (χ1) is 12.2. The lowest BCUT2D eigenvalue weighted by Gasteiger charge is -2.24. The first kappa shape index (κ1) is 15.3. The van der Waals surface area contributed by atoms with Gasteiger partial charge in [-0.05, 0) is 42.8 Å². The van der Waals surface area contributed by atoms with Gasteiger partial charge in [-0.1, -0.05) is 6.07 Å². The summed E-state index contributed by atoms with van der Waals surface area (Å²) in [6.45, 7) is 1.87. The van der Waals surface area contributed by atoms with Crippen LogP contribution in [0.3, 0.4) is 0 Å². The molecule has 2 aromatic heterocycles. The van der Waals surface area contributed by atoms with E-state index in [9.17, 15) is 0 Å². The maximum absolute atomic E-state index is 5.53. The van der Waals surface area contributed by atoms with Gasteiger partial charge in [0.2, 0.25) is 5.95 Å². The highest BCUT2D eigenvalue weighted by atomic mass is 16.5.